The van der Waals surface area contributed by atoms with E-state index < -0.39 is 61.4 Å². The maximum atomic E-state index is 11.8. The Morgan fingerprint density at radius 1 is 0.364 bits per heavy atom. The molecule has 6 aromatic rings. The van der Waals surface area contributed by atoms with Crippen molar-refractivity contribution in [2.24, 2.45) is 0 Å². The summed E-state index contributed by atoms with van der Waals surface area (Å²) in [7, 11) is 1.61. The van der Waals surface area contributed by atoms with Crippen LogP contribution in [0.5, 0.6) is 0 Å². The zero-order chi connectivity index (χ0) is 45.2. The van der Waals surface area contributed by atoms with Crippen molar-refractivity contribution >= 4 is 0 Å². The summed E-state index contributed by atoms with van der Waals surface area (Å²) in [5, 5.41) is 11.8. The molecule has 2 aliphatic heterocycles. The van der Waals surface area contributed by atoms with Crippen LogP contribution in [0.2, 0.25) is 0 Å². The van der Waals surface area contributed by atoms with Gasteiger partial charge in [-0.2, -0.15) is 0 Å². The largest absolute Gasteiger partial charge is 0.374 e. The van der Waals surface area contributed by atoms with Gasteiger partial charge in [0.25, 0.3) is 0 Å². The first-order valence-corrected chi connectivity index (χ1v) is 22.6. The van der Waals surface area contributed by atoms with E-state index in [2.05, 4.69) is 0 Å². The summed E-state index contributed by atoms with van der Waals surface area (Å²) in [4.78, 5) is 0. The lowest BCUT2D eigenvalue weighted by Crippen LogP contribution is -2.66. The van der Waals surface area contributed by atoms with Crippen molar-refractivity contribution in [3.63, 3.8) is 0 Å². The van der Waals surface area contributed by atoms with Gasteiger partial charge < -0.3 is 52.5 Å². The molecule has 2 aliphatic rings. The van der Waals surface area contributed by atoms with E-state index in [4.69, 9.17) is 47.4 Å². The third-order valence-corrected chi connectivity index (χ3v) is 11.7. The van der Waals surface area contributed by atoms with Gasteiger partial charge in [-0.25, -0.2) is 0 Å². The molecule has 2 fully saturated rings. The van der Waals surface area contributed by atoms with E-state index in [9.17, 15) is 5.11 Å². The van der Waals surface area contributed by atoms with Crippen LogP contribution in [0.15, 0.2) is 182 Å². The van der Waals surface area contributed by atoms with E-state index in [1.807, 2.05) is 182 Å². The molecule has 0 radical (unpaired) electrons. The summed E-state index contributed by atoms with van der Waals surface area (Å²) < 4.78 is 66.8. The summed E-state index contributed by atoms with van der Waals surface area (Å²) in [6.07, 6.45) is -8.96. The number of benzene rings is 6. The molecule has 2 heterocycles. The maximum Gasteiger partial charge on any atom is 0.187 e. The van der Waals surface area contributed by atoms with Crippen LogP contribution in [0.1, 0.15) is 33.4 Å². The monoisotopic (exact) mass is 896 g/mol. The number of rotatable bonds is 23. The van der Waals surface area contributed by atoms with Crippen molar-refractivity contribution < 1.29 is 52.5 Å². The van der Waals surface area contributed by atoms with Crippen molar-refractivity contribution in [2.45, 2.75) is 101 Å². The minimum absolute atomic E-state index is 0.0535. The highest BCUT2D eigenvalue weighted by atomic mass is 16.7. The number of ether oxygens (including phenoxy) is 10. The van der Waals surface area contributed by atoms with Crippen LogP contribution in [0.3, 0.4) is 0 Å². The first-order valence-electron chi connectivity index (χ1n) is 22.6. The molecular weight excluding hydrogens is 837 g/mol. The minimum atomic E-state index is -1.39. The van der Waals surface area contributed by atoms with Gasteiger partial charge in [-0.15, -0.1) is 0 Å². The predicted octanol–water partition coefficient (Wildman–Crippen LogP) is 8.60. The molecule has 0 aromatic heterocycles. The van der Waals surface area contributed by atoms with E-state index in [0.29, 0.717) is 19.8 Å². The number of hydrogen-bond acceptors (Lipinski definition) is 11. The third-order valence-electron chi connectivity index (χ3n) is 11.7. The highest BCUT2D eigenvalue weighted by Crippen LogP contribution is 2.36. The van der Waals surface area contributed by atoms with E-state index in [1.165, 1.54) is 0 Å². The highest BCUT2D eigenvalue weighted by molar-refractivity contribution is 5.18. The molecule has 0 saturated carbocycles. The van der Waals surface area contributed by atoms with Gasteiger partial charge in [0, 0.05) is 7.11 Å². The molecule has 66 heavy (non-hydrogen) atoms. The lowest BCUT2D eigenvalue weighted by Gasteiger charge is -2.49. The third kappa shape index (κ3) is 13.5. The van der Waals surface area contributed by atoms with E-state index in [0.717, 1.165) is 33.4 Å². The average Bonchev–Trinajstić information content (AvgIpc) is 3.37. The van der Waals surface area contributed by atoms with Gasteiger partial charge in [0.1, 0.15) is 48.8 Å². The molecule has 6 aromatic carbocycles. The Hall–Kier alpha value is -5.12. The molecule has 1 N–H and O–H groups in total. The van der Waals surface area contributed by atoms with Gasteiger partial charge >= 0.3 is 0 Å². The van der Waals surface area contributed by atoms with Crippen LogP contribution in [-0.4, -0.2) is 86.8 Å². The van der Waals surface area contributed by atoms with Crippen molar-refractivity contribution in [3.8, 4) is 0 Å². The Labute approximate surface area is 388 Å². The summed E-state index contributed by atoms with van der Waals surface area (Å²) >= 11 is 0. The standard InChI is InChI=1S/C55H60O11/c1-57-53-50(61-35-43-26-14-5-15-27-43)48(60-34-42-24-12-4-13-25-42)46(38-58-32-40-20-8-2-9-21-40)65-55(53)66-49-47(39-59-33-41-22-10-3-11-23-41)64-54(56)52(63-37-45-30-18-7-19-31-45)51(49)62-36-44-28-16-6-17-29-44/h2-31,46-56H,32-39H2,1H3/t46-,47-,48+,49+,50+,51+,52-,53-,54-,55-/m1/s1. The van der Waals surface area contributed by atoms with Gasteiger partial charge in [-0.05, 0) is 33.4 Å². The molecule has 10 atom stereocenters. The molecule has 346 valence electrons. The van der Waals surface area contributed by atoms with Gasteiger partial charge in [-0.1, -0.05) is 182 Å². The molecule has 0 amide bonds. The number of aliphatic hydroxyl groups is 1. The predicted molar refractivity (Wildman–Crippen MR) is 247 cm³/mol. The Kier molecular flexibility index (Phi) is 18.0. The SMILES string of the molecule is CO[C@H]1[C@@H](O[C@@H]2[C@H](OCc3ccccc3)[C@@H](OCc3ccccc3)[C@H](O)O[C@@H]2COCc2ccccc2)O[C@H](COCc2ccccc2)[C@H](OCc2ccccc2)[C@@H]1OCc1ccccc1. The molecule has 0 spiro atoms. The summed E-state index contributed by atoms with van der Waals surface area (Å²) in [5.74, 6) is 0. The topological polar surface area (TPSA) is 113 Å². The highest BCUT2D eigenvalue weighted by Gasteiger charge is 2.54. The summed E-state index contributed by atoms with van der Waals surface area (Å²) in [6, 6.07) is 59.4. The zero-order valence-electron chi connectivity index (χ0n) is 37.3. The maximum absolute atomic E-state index is 11.8. The van der Waals surface area contributed by atoms with Gasteiger partial charge in [0.2, 0.25) is 0 Å². The van der Waals surface area contributed by atoms with Gasteiger partial charge in [0.05, 0.1) is 52.9 Å². The van der Waals surface area contributed by atoms with Crippen molar-refractivity contribution in [1.82, 2.24) is 0 Å². The van der Waals surface area contributed by atoms with Crippen LogP contribution in [0, 0.1) is 0 Å². The fraction of sp³-hybridized carbons (Fsp3) is 0.345. The van der Waals surface area contributed by atoms with E-state index in [1.54, 1.807) is 7.11 Å². The Balaban J connectivity index is 1.13. The second-order valence-electron chi connectivity index (χ2n) is 16.5. The van der Waals surface area contributed by atoms with Crippen LogP contribution in [-0.2, 0) is 87.0 Å². The molecule has 0 aliphatic carbocycles. The van der Waals surface area contributed by atoms with Crippen molar-refractivity contribution in [2.75, 3.05) is 20.3 Å². The van der Waals surface area contributed by atoms with Crippen LogP contribution < -0.4 is 0 Å². The van der Waals surface area contributed by atoms with Crippen LogP contribution in [0.4, 0.5) is 0 Å². The Bertz CT molecular complexity index is 2220. The second kappa shape index (κ2) is 25.1. The zero-order valence-corrected chi connectivity index (χ0v) is 37.3. The average molecular weight is 897 g/mol. The Morgan fingerprint density at radius 3 is 1.06 bits per heavy atom. The fourth-order valence-corrected chi connectivity index (χ4v) is 8.28. The quantitative estimate of drug-likeness (QED) is 0.0668. The van der Waals surface area contributed by atoms with E-state index >= 15 is 0 Å². The smallest absolute Gasteiger partial charge is 0.187 e. The summed E-state index contributed by atoms with van der Waals surface area (Å²) in [6.45, 7) is 1.82. The fourth-order valence-electron chi connectivity index (χ4n) is 8.28. The first-order chi connectivity index (χ1) is 32.6. The van der Waals surface area contributed by atoms with Gasteiger partial charge in [-0.3, -0.25) is 0 Å². The lowest BCUT2D eigenvalue weighted by atomic mass is 9.96. The first kappa shape index (κ1) is 47.4. The number of methoxy groups -OCH3 is 1. The number of hydrogen-bond donors (Lipinski definition) is 1. The molecule has 0 bridgehead atoms. The number of aliphatic hydroxyl groups excluding tert-OH is 1. The van der Waals surface area contributed by atoms with Gasteiger partial charge in [0.15, 0.2) is 12.6 Å². The van der Waals surface area contributed by atoms with Crippen molar-refractivity contribution in [1.29, 1.82) is 0 Å². The van der Waals surface area contributed by atoms with Crippen molar-refractivity contribution in [3.05, 3.63) is 215 Å². The normalized spacial score (nSPS) is 25.4. The molecule has 0 unspecified atom stereocenters. The molecule has 11 nitrogen and oxygen atoms in total. The molecule has 11 heteroatoms. The summed E-state index contributed by atoms with van der Waals surface area (Å²) in [5.41, 5.74) is 5.83. The molecular formula is C55H60O11. The molecule has 8 rings (SSSR count). The van der Waals surface area contributed by atoms with Crippen LogP contribution >= 0.6 is 0 Å². The lowest BCUT2D eigenvalue weighted by molar-refractivity contribution is -0.371. The second-order valence-corrected chi connectivity index (χ2v) is 16.5. The minimum Gasteiger partial charge on any atom is -0.374 e. The Morgan fingerprint density at radius 2 is 0.682 bits per heavy atom. The van der Waals surface area contributed by atoms with E-state index in [-0.39, 0.29) is 33.0 Å². The molecule has 2 saturated heterocycles. The van der Waals surface area contributed by atoms with Crippen LogP contribution in [0.25, 0.3) is 0 Å².